The Morgan fingerprint density at radius 3 is 2.44 bits per heavy atom. The number of ether oxygens (including phenoxy) is 2. The molecule has 27 heavy (non-hydrogen) atoms. The fourth-order valence-electron chi connectivity index (χ4n) is 3.10. The minimum atomic E-state index is -0.00855. The van der Waals surface area contributed by atoms with Gasteiger partial charge in [-0.25, -0.2) is 4.98 Å². The minimum Gasteiger partial charge on any atom is -0.490 e. The molecule has 144 valence electrons. The predicted molar refractivity (Wildman–Crippen MR) is 106 cm³/mol. The van der Waals surface area contributed by atoms with Gasteiger partial charge in [0.2, 0.25) is 0 Å². The molecule has 1 aromatic carbocycles. The van der Waals surface area contributed by atoms with E-state index in [4.69, 9.17) is 21.1 Å². The molecule has 6 nitrogen and oxygen atoms in total. The third-order valence-electron chi connectivity index (χ3n) is 4.40. The number of carbonyl (C=O) groups is 1. The largest absolute Gasteiger partial charge is 0.490 e. The molecule has 0 spiro atoms. The van der Waals surface area contributed by atoms with E-state index in [0.717, 1.165) is 5.82 Å². The number of halogens is 1. The first-order chi connectivity index (χ1) is 13.1. The maximum absolute atomic E-state index is 12.9. The number of aromatic nitrogens is 1. The molecule has 1 aliphatic rings. The minimum absolute atomic E-state index is 0.00855. The summed E-state index contributed by atoms with van der Waals surface area (Å²) >= 11 is 6.23. The number of hydrogen-bond acceptors (Lipinski definition) is 5. The number of benzene rings is 1. The zero-order chi connectivity index (χ0) is 19.2. The maximum Gasteiger partial charge on any atom is 0.254 e. The van der Waals surface area contributed by atoms with E-state index >= 15 is 0 Å². The summed E-state index contributed by atoms with van der Waals surface area (Å²) < 4.78 is 11.2. The van der Waals surface area contributed by atoms with Gasteiger partial charge >= 0.3 is 0 Å². The van der Waals surface area contributed by atoms with Gasteiger partial charge in [0.15, 0.2) is 11.5 Å². The van der Waals surface area contributed by atoms with Crippen LogP contribution in [0.1, 0.15) is 24.2 Å². The van der Waals surface area contributed by atoms with Crippen molar-refractivity contribution in [2.45, 2.75) is 13.8 Å². The van der Waals surface area contributed by atoms with E-state index in [1.165, 1.54) is 0 Å². The number of nitrogens with zero attached hydrogens (tertiary/aromatic N) is 3. The van der Waals surface area contributed by atoms with Crippen LogP contribution in [0, 0.1) is 0 Å². The second-order valence-electron chi connectivity index (χ2n) is 6.12. The lowest BCUT2D eigenvalue weighted by atomic mass is 10.1. The monoisotopic (exact) mass is 389 g/mol. The van der Waals surface area contributed by atoms with Crippen molar-refractivity contribution in [2.24, 2.45) is 0 Å². The number of rotatable bonds is 6. The van der Waals surface area contributed by atoms with Gasteiger partial charge in [-0.15, -0.1) is 0 Å². The quantitative estimate of drug-likeness (QED) is 0.756. The third kappa shape index (κ3) is 4.45. The normalized spacial score (nSPS) is 14.2. The highest BCUT2D eigenvalue weighted by atomic mass is 35.5. The summed E-state index contributed by atoms with van der Waals surface area (Å²) in [6.45, 7) is 7.50. The van der Waals surface area contributed by atoms with Crippen LogP contribution in [0.5, 0.6) is 11.5 Å². The van der Waals surface area contributed by atoms with Gasteiger partial charge < -0.3 is 19.3 Å². The molecule has 2 aromatic rings. The number of carbonyl (C=O) groups excluding carboxylic acids is 1. The molecule has 0 saturated carbocycles. The first-order valence-corrected chi connectivity index (χ1v) is 9.56. The fraction of sp³-hybridized carbons (Fsp3) is 0.400. The van der Waals surface area contributed by atoms with Crippen LogP contribution in [0.2, 0.25) is 5.02 Å². The number of amides is 1. The van der Waals surface area contributed by atoms with Crippen LogP contribution < -0.4 is 14.4 Å². The van der Waals surface area contributed by atoms with E-state index in [0.29, 0.717) is 61.5 Å². The van der Waals surface area contributed by atoms with E-state index in [1.807, 2.05) is 30.9 Å². The van der Waals surface area contributed by atoms with E-state index in [9.17, 15) is 4.79 Å². The molecule has 7 heteroatoms. The Bertz CT molecular complexity index is 792. The molecular formula is C20H24ClN3O3. The Morgan fingerprint density at radius 1 is 1.07 bits per heavy atom. The molecule has 1 aromatic heterocycles. The first-order valence-electron chi connectivity index (χ1n) is 9.18. The Labute approximate surface area is 164 Å². The molecule has 2 heterocycles. The molecule has 1 fully saturated rings. The molecular weight excluding hydrogens is 366 g/mol. The van der Waals surface area contributed by atoms with Crippen LogP contribution in [0.25, 0.3) is 0 Å². The van der Waals surface area contributed by atoms with Crippen LogP contribution in [0.15, 0.2) is 36.5 Å². The number of anilines is 1. The molecule has 1 aliphatic heterocycles. The standard InChI is InChI=1S/C20H24ClN3O3/c1-3-26-17-8-7-15(14-18(17)27-4-2)20(25)24-12-10-23(11-13-24)19-16(21)6-5-9-22-19/h5-9,14H,3-4,10-13H2,1-2H3. The van der Waals surface area contributed by atoms with Gasteiger partial charge in [0.1, 0.15) is 5.82 Å². The van der Waals surface area contributed by atoms with Crippen LogP contribution >= 0.6 is 11.6 Å². The predicted octanol–water partition coefficient (Wildman–Crippen LogP) is 3.49. The summed E-state index contributed by atoms with van der Waals surface area (Å²) in [6.07, 6.45) is 1.73. The summed E-state index contributed by atoms with van der Waals surface area (Å²) in [4.78, 5) is 21.2. The van der Waals surface area contributed by atoms with Crippen LogP contribution in [-0.2, 0) is 0 Å². The van der Waals surface area contributed by atoms with Crippen molar-refractivity contribution in [1.29, 1.82) is 0 Å². The first kappa shape index (κ1) is 19.3. The van der Waals surface area contributed by atoms with Crippen molar-refractivity contribution in [3.8, 4) is 11.5 Å². The maximum atomic E-state index is 12.9. The highest BCUT2D eigenvalue weighted by Gasteiger charge is 2.24. The zero-order valence-electron chi connectivity index (χ0n) is 15.7. The summed E-state index contributed by atoms with van der Waals surface area (Å²) in [6, 6.07) is 8.99. The molecule has 3 rings (SSSR count). The molecule has 0 bridgehead atoms. The molecule has 1 saturated heterocycles. The van der Waals surface area contributed by atoms with Crippen molar-refractivity contribution >= 4 is 23.3 Å². The fourth-order valence-corrected chi connectivity index (χ4v) is 3.34. The third-order valence-corrected chi connectivity index (χ3v) is 4.69. The van der Waals surface area contributed by atoms with Crippen molar-refractivity contribution in [2.75, 3.05) is 44.3 Å². The molecule has 0 radical (unpaired) electrons. The molecule has 1 amide bonds. The van der Waals surface area contributed by atoms with E-state index < -0.39 is 0 Å². The van der Waals surface area contributed by atoms with Crippen molar-refractivity contribution in [3.05, 3.63) is 47.1 Å². The Hall–Kier alpha value is -2.47. The van der Waals surface area contributed by atoms with Crippen LogP contribution in [0.3, 0.4) is 0 Å². The average Bonchev–Trinajstić information content (AvgIpc) is 2.70. The SMILES string of the molecule is CCOc1ccc(C(=O)N2CCN(c3ncccc3Cl)CC2)cc1OCC. The summed E-state index contributed by atoms with van der Waals surface area (Å²) in [5.74, 6) is 2.02. The topological polar surface area (TPSA) is 54.9 Å². The van der Waals surface area contributed by atoms with Gasteiger partial charge in [-0.05, 0) is 44.2 Å². The molecule has 0 unspecified atom stereocenters. The van der Waals surface area contributed by atoms with Gasteiger partial charge in [-0.3, -0.25) is 4.79 Å². The number of hydrogen-bond donors (Lipinski definition) is 0. The highest BCUT2D eigenvalue weighted by Crippen LogP contribution is 2.29. The van der Waals surface area contributed by atoms with Crippen molar-refractivity contribution in [3.63, 3.8) is 0 Å². The Kier molecular flexibility index (Phi) is 6.40. The number of pyridine rings is 1. The van der Waals surface area contributed by atoms with Gasteiger partial charge in [0.25, 0.3) is 5.91 Å². The second kappa shape index (κ2) is 8.95. The van der Waals surface area contributed by atoms with Gasteiger partial charge in [0, 0.05) is 37.9 Å². The van der Waals surface area contributed by atoms with E-state index in [-0.39, 0.29) is 5.91 Å². The second-order valence-corrected chi connectivity index (χ2v) is 6.52. The van der Waals surface area contributed by atoms with Gasteiger partial charge in [-0.2, -0.15) is 0 Å². The van der Waals surface area contributed by atoms with Gasteiger partial charge in [-0.1, -0.05) is 11.6 Å². The van der Waals surface area contributed by atoms with Crippen molar-refractivity contribution in [1.82, 2.24) is 9.88 Å². The Balaban J connectivity index is 1.68. The van der Waals surface area contributed by atoms with Gasteiger partial charge in [0.05, 0.1) is 18.2 Å². The highest BCUT2D eigenvalue weighted by molar-refractivity contribution is 6.32. The lowest BCUT2D eigenvalue weighted by molar-refractivity contribution is 0.0746. The lowest BCUT2D eigenvalue weighted by Crippen LogP contribution is -2.49. The van der Waals surface area contributed by atoms with Crippen LogP contribution in [0.4, 0.5) is 5.82 Å². The summed E-state index contributed by atoms with van der Waals surface area (Å²) in [5, 5.41) is 0.630. The lowest BCUT2D eigenvalue weighted by Gasteiger charge is -2.35. The van der Waals surface area contributed by atoms with E-state index in [1.54, 1.807) is 24.4 Å². The Morgan fingerprint density at radius 2 is 1.78 bits per heavy atom. The number of piperazine rings is 1. The summed E-state index contributed by atoms with van der Waals surface area (Å²) in [7, 11) is 0. The molecule has 0 atom stereocenters. The van der Waals surface area contributed by atoms with E-state index in [2.05, 4.69) is 9.88 Å². The van der Waals surface area contributed by atoms with Crippen molar-refractivity contribution < 1.29 is 14.3 Å². The average molecular weight is 390 g/mol. The zero-order valence-corrected chi connectivity index (χ0v) is 16.4. The summed E-state index contributed by atoms with van der Waals surface area (Å²) in [5.41, 5.74) is 0.603. The van der Waals surface area contributed by atoms with Crippen LogP contribution in [-0.4, -0.2) is 55.2 Å². The molecule has 0 N–H and O–H groups in total. The molecule has 0 aliphatic carbocycles. The smallest absolute Gasteiger partial charge is 0.254 e.